The maximum Gasteiger partial charge on any atom is 0.259 e. The molecule has 0 aliphatic carbocycles. The fraction of sp³-hybridized carbons (Fsp3) is 0.417. The topological polar surface area (TPSA) is 46.1 Å². The maximum absolute atomic E-state index is 5.64. The number of aliphatic imine (C=N–C) groups is 1. The third kappa shape index (κ3) is 3.81. The molecular formula is C12H17N3O2. The van der Waals surface area contributed by atoms with Crippen LogP contribution in [0.2, 0.25) is 0 Å². The van der Waals surface area contributed by atoms with Crippen LogP contribution in [0.3, 0.4) is 0 Å². The van der Waals surface area contributed by atoms with E-state index in [4.69, 9.17) is 9.47 Å². The highest BCUT2D eigenvalue weighted by Crippen LogP contribution is 2.10. The van der Waals surface area contributed by atoms with Crippen LogP contribution in [0, 0.1) is 0 Å². The SMILES string of the molecule is C=NC(NN1CCOCC1)Oc1ccccc1. The molecule has 5 heteroatoms. The van der Waals surface area contributed by atoms with E-state index in [9.17, 15) is 0 Å². The van der Waals surface area contributed by atoms with Crippen LogP contribution < -0.4 is 10.2 Å². The van der Waals surface area contributed by atoms with Gasteiger partial charge in [0.25, 0.3) is 6.35 Å². The Kier molecular flexibility index (Phi) is 4.49. The van der Waals surface area contributed by atoms with Crippen LogP contribution in [-0.2, 0) is 4.74 Å². The van der Waals surface area contributed by atoms with Crippen LogP contribution in [0.15, 0.2) is 35.3 Å². The van der Waals surface area contributed by atoms with Crippen molar-refractivity contribution in [3.05, 3.63) is 30.3 Å². The summed E-state index contributed by atoms with van der Waals surface area (Å²) in [5.74, 6) is 0.769. The summed E-state index contributed by atoms with van der Waals surface area (Å²) in [4.78, 5) is 3.91. The number of hydrogen-bond donors (Lipinski definition) is 1. The Morgan fingerprint density at radius 1 is 1.29 bits per heavy atom. The van der Waals surface area contributed by atoms with Gasteiger partial charge >= 0.3 is 0 Å². The normalized spacial score (nSPS) is 18.6. The van der Waals surface area contributed by atoms with E-state index in [-0.39, 0.29) is 0 Å². The zero-order chi connectivity index (χ0) is 11.9. The summed E-state index contributed by atoms with van der Waals surface area (Å²) in [7, 11) is 0. The summed E-state index contributed by atoms with van der Waals surface area (Å²) < 4.78 is 10.9. The predicted molar refractivity (Wildman–Crippen MR) is 65.9 cm³/mol. The molecule has 1 aromatic rings. The molecule has 1 aromatic carbocycles. The van der Waals surface area contributed by atoms with Gasteiger partial charge in [0.2, 0.25) is 0 Å². The minimum atomic E-state index is -0.463. The largest absolute Gasteiger partial charge is 0.454 e. The minimum Gasteiger partial charge on any atom is -0.454 e. The van der Waals surface area contributed by atoms with E-state index in [1.165, 1.54) is 0 Å². The Hall–Kier alpha value is -1.43. The number of morpholine rings is 1. The number of benzene rings is 1. The van der Waals surface area contributed by atoms with Crippen LogP contribution in [0.4, 0.5) is 0 Å². The van der Waals surface area contributed by atoms with E-state index in [0.29, 0.717) is 0 Å². The molecule has 2 rings (SSSR count). The van der Waals surface area contributed by atoms with Crippen LogP contribution in [0.1, 0.15) is 0 Å². The van der Waals surface area contributed by atoms with Crippen LogP contribution in [0.5, 0.6) is 5.75 Å². The molecule has 0 radical (unpaired) electrons. The van der Waals surface area contributed by atoms with Crippen molar-refractivity contribution >= 4 is 6.72 Å². The van der Waals surface area contributed by atoms with Gasteiger partial charge in [-0.3, -0.25) is 0 Å². The number of nitrogens with one attached hydrogen (secondary N) is 1. The first kappa shape index (κ1) is 12.0. The first-order valence-corrected chi connectivity index (χ1v) is 5.65. The molecule has 0 spiro atoms. The summed E-state index contributed by atoms with van der Waals surface area (Å²) in [6.07, 6.45) is -0.463. The number of nitrogens with zero attached hydrogens (tertiary/aromatic N) is 2. The lowest BCUT2D eigenvalue weighted by Gasteiger charge is -2.29. The van der Waals surface area contributed by atoms with Gasteiger partial charge in [-0.15, -0.1) is 0 Å². The summed E-state index contributed by atoms with van der Waals surface area (Å²) in [6.45, 7) is 6.62. The second-order valence-electron chi connectivity index (χ2n) is 3.69. The molecule has 0 bridgehead atoms. The minimum absolute atomic E-state index is 0.463. The van der Waals surface area contributed by atoms with Gasteiger partial charge in [-0.1, -0.05) is 18.2 Å². The second kappa shape index (κ2) is 6.34. The van der Waals surface area contributed by atoms with Gasteiger partial charge in [-0.05, 0) is 18.9 Å². The fourth-order valence-electron chi connectivity index (χ4n) is 1.58. The molecule has 1 aliphatic heterocycles. The second-order valence-corrected chi connectivity index (χ2v) is 3.69. The molecule has 92 valence electrons. The van der Waals surface area contributed by atoms with Gasteiger partial charge in [-0.2, -0.15) is 5.43 Å². The number of rotatable bonds is 5. The van der Waals surface area contributed by atoms with Gasteiger partial charge in [-0.25, -0.2) is 10.0 Å². The van der Waals surface area contributed by atoms with Gasteiger partial charge in [0.05, 0.1) is 13.2 Å². The van der Waals surface area contributed by atoms with E-state index in [1.807, 2.05) is 35.3 Å². The third-order valence-corrected chi connectivity index (χ3v) is 2.46. The first-order chi connectivity index (χ1) is 8.38. The average molecular weight is 235 g/mol. The van der Waals surface area contributed by atoms with Gasteiger partial charge < -0.3 is 9.47 Å². The van der Waals surface area contributed by atoms with E-state index < -0.39 is 6.35 Å². The number of hydrogen-bond acceptors (Lipinski definition) is 5. The van der Waals surface area contributed by atoms with E-state index >= 15 is 0 Å². The van der Waals surface area contributed by atoms with E-state index in [1.54, 1.807) is 0 Å². The van der Waals surface area contributed by atoms with Gasteiger partial charge in [0, 0.05) is 13.1 Å². The van der Waals surface area contributed by atoms with Crippen LogP contribution in [0.25, 0.3) is 0 Å². The van der Waals surface area contributed by atoms with Crippen molar-refractivity contribution in [3.8, 4) is 5.75 Å². The lowest BCUT2D eigenvalue weighted by Crippen LogP contribution is -2.51. The molecule has 0 amide bonds. The standard InChI is InChI=1S/C12H17N3O2/c1-13-12(14-15-7-9-16-10-8-15)17-11-5-3-2-4-6-11/h2-6,12,14H,1,7-10H2. The Labute approximate surface area is 101 Å². The summed E-state index contributed by atoms with van der Waals surface area (Å²) in [6, 6.07) is 9.56. The van der Waals surface area contributed by atoms with Gasteiger partial charge in [0.1, 0.15) is 5.75 Å². The average Bonchev–Trinajstić information content (AvgIpc) is 2.40. The number of hydrazine groups is 1. The van der Waals surface area contributed by atoms with Gasteiger partial charge in [0.15, 0.2) is 0 Å². The van der Waals surface area contributed by atoms with Crippen molar-refractivity contribution in [3.63, 3.8) is 0 Å². The highest BCUT2D eigenvalue weighted by atomic mass is 16.5. The van der Waals surface area contributed by atoms with Crippen molar-refractivity contribution in [2.24, 2.45) is 4.99 Å². The first-order valence-electron chi connectivity index (χ1n) is 5.65. The number of ether oxygens (including phenoxy) is 2. The van der Waals surface area contributed by atoms with Crippen molar-refractivity contribution < 1.29 is 9.47 Å². The third-order valence-electron chi connectivity index (χ3n) is 2.46. The molecule has 17 heavy (non-hydrogen) atoms. The Bertz CT molecular complexity index is 339. The molecule has 1 aliphatic rings. The molecule has 1 atom stereocenters. The van der Waals surface area contributed by atoms with Crippen LogP contribution in [-0.4, -0.2) is 44.4 Å². The molecule has 0 aromatic heterocycles. The molecular weight excluding hydrogens is 218 g/mol. The zero-order valence-electron chi connectivity index (χ0n) is 9.71. The highest BCUT2D eigenvalue weighted by Gasteiger charge is 2.15. The molecule has 0 saturated carbocycles. The summed E-state index contributed by atoms with van der Waals surface area (Å²) >= 11 is 0. The lowest BCUT2D eigenvalue weighted by atomic mass is 10.3. The smallest absolute Gasteiger partial charge is 0.259 e. The van der Waals surface area contributed by atoms with E-state index in [0.717, 1.165) is 32.1 Å². The summed E-state index contributed by atoms with van der Waals surface area (Å²) in [5, 5.41) is 2.03. The van der Waals surface area contributed by atoms with E-state index in [2.05, 4.69) is 17.1 Å². The molecule has 1 unspecified atom stereocenters. The Morgan fingerprint density at radius 3 is 2.65 bits per heavy atom. The quantitative estimate of drug-likeness (QED) is 0.608. The molecule has 1 saturated heterocycles. The molecule has 1 fully saturated rings. The van der Waals surface area contributed by atoms with Crippen molar-refractivity contribution in [2.45, 2.75) is 6.35 Å². The highest BCUT2D eigenvalue weighted by molar-refractivity contribution is 5.25. The lowest BCUT2D eigenvalue weighted by molar-refractivity contribution is -0.0227. The monoisotopic (exact) mass is 235 g/mol. The van der Waals surface area contributed by atoms with Crippen molar-refractivity contribution in [2.75, 3.05) is 26.3 Å². The fourth-order valence-corrected chi connectivity index (χ4v) is 1.58. The van der Waals surface area contributed by atoms with Crippen molar-refractivity contribution in [1.29, 1.82) is 0 Å². The Balaban J connectivity index is 1.86. The van der Waals surface area contributed by atoms with Crippen molar-refractivity contribution in [1.82, 2.24) is 10.4 Å². The Morgan fingerprint density at radius 2 is 2.00 bits per heavy atom. The number of para-hydroxylation sites is 1. The molecule has 1 heterocycles. The molecule has 1 N–H and O–H groups in total. The zero-order valence-corrected chi connectivity index (χ0v) is 9.71. The van der Waals surface area contributed by atoms with Crippen LogP contribution >= 0.6 is 0 Å². The summed E-state index contributed by atoms with van der Waals surface area (Å²) in [5.41, 5.74) is 3.16. The predicted octanol–water partition coefficient (Wildman–Crippen LogP) is 0.886. The maximum atomic E-state index is 5.64. The molecule has 5 nitrogen and oxygen atoms in total.